The summed E-state index contributed by atoms with van der Waals surface area (Å²) in [6, 6.07) is 7.34. The number of nitrogens with zero attached hydrogens (tertiary/aromatic N) is 5. The van der Waals surface area contributed by atoms with Gasteiger partial charge in [-0.2, -0.15) is 18.3 Å². The second-order valence-electron chi connectivity index (χ2n) is 6.00. The van der Waals surface area contributed by atoms with E-state index in [1.54, 1.807) is 7.05 Å². The highest BCUT2D eigenvalue weighted by Crippen LogP contribution is 2.22. The maximum atomic E-state index is 12.5. The molecule has 3 aromatic rings. The van der Waals surface area contributed by atoms with Gasteiger partial charge >= 0.3 is 6.18 Å². The molecule has 1 amide bonds. The van der Waals surface area contributed by atoms with Gasteiger partial charge in [-0.1, -0.05) is 12.1 Å². The van der Waals surface area contributed by atoms with Crippen LogP contribution in [0.4, 0.5) is 24.7 Å². The maximum absolute atomic E-state index is 12.5. The number of fused-ring (bicyclic) bond motifs is 1. The number of carbonyl (C=O) groups excluding carboxylic acids is 1. The molecule has 0 radical (unpaired) electrons. The third kappa shape index (κ3) is 4.52. The van der Waals surface area contributed by atoms with Gasteiger partial charge in [-0.3, -0.25) is 9.48 Å². The predicted octanol–water partition coefficient (Wildman–Crippen LogP) is 2.98. The number of aromatic nitrogens is 4. The van der Waals surface area contributed by atoms with Gasteiger partial charge in [-0.15, -0.1) is 0 Å². The van der Waals surface area contributed by atoms with Gasteiger partial charge in [0.1, 0.15) is 18.7 Å². The Bertz CT molecular complexity index is 951. The van der Waals surface area contributed by atoms with Gasteiger partial charge in [0.05, 0.1) is 5.39 Å². The Kier molecular flexibility index (Phi) is 4.98. The number of amides is 1. The van der Waals surface area contributed by atoms with Crippen molar-refractivity contribution in [2.45, 2.75) is 26.2 Å². The summed E-state index contributed by atoms with van der Waals surface area (Å²) in [5.41, 5.74) is 1.88. The molecular formula is C17H17F3N6O. The number of anilines is 2. The molecule has 0 aliphatic rings. The third-order valence-electron chi connectivity index (χ3n) is 3.96. The van der Waals surface area contributed by atoms with Crippen molar-refractivity contribution in [1.29, 1.82) is 0 Å². The van der Waals surface area contributed by atoms with Gasteiger partial charge in [0.2, 0.25) is 5.91 Å². The molecular weight excluding hydrogens is 361 g/mol. The average Bonchev–Trinajstić information content (AvgIpc) is 3.00. The molecule has 1 N–H and O–H groups in total. The Hall–Kier alpha value is -3.17. The van der Waals surface area contributed by atoms with Crippen LogP contribution in [0.2, 0.25) is 0 Å². The summed E-state index contributed by atoms with van der Waals surface area (Å²) in [6.07, 6.45) is -1.84. The molecule has 1 aromatic carbocycles. The van der Waals surface area contributed by atoms with Gasteiger partial charge in [0.25, 0.3) is 0 Å². The van der Waals surface area contributed by atoms with E-state index >= 15 is 0 Å². The van der Waals surface area contributed by atoms with Gasteiger partial charge in [-0.05, 0) is 17.7 Å². The predicted molar refractivity (Wildman–Crippen MR) is 94.2 cm³/mol. The van der Waals surface area contributed by atoms with E-state index in [0.717, 1.165) is 15.9 Å². The van der Waals surface area contributed by atoms with Gasteiger partial charge < -0.3 is 10.2 Å². The number of halogens is 3. The molecule has 0 fully saturated rings. The fourth-order valence-electron chi connectivity index (χ4n) is 2.49. The first-order chi connectivity index (χ1) is 12.7. The zero-order chi connectivity index (χ0) is 19.6. The van der Waals surface area contributed by atoms with Crippen molar-refractivity contribution in [2.75, 3.05) is 17.3 Å². The summed E-state index contributed by atoms with van der Waals surface area (Å²) >= 11 is 0. The first-order valence-corrected chi connectivity index (χ1v) is 8.05. The molecule has 0 bridgehead atoms. The van der Waals surface area contributed by atoms with Gasteiger partial charge in [0.15, 0.2) is 5.65 Å². The van der Waals surface area contributed by atoms with Crippen LogP contribution in [0.25, 0.3) is 11.0 Å². The Balaban J connectivity index is 1.74. The summed E-state index contributed by atoms with van der Waals surface area (Å²) < 4.78 is 38.4. The van der Waals surface area contributed by atoms with Crippen LogP contribution in [0.1, 0.15) is 12.5 Å². The normalized spacial score (nSPS) is 11.6. The van der Waals surface area contributed by atoms with E-state index in [0.29, 0.717) is 17.7 Å². The van der Waals surface area contributed by atoms with Crippen molar-refractivity contribution >= 4 is 28.4 Å². The molecule has 2 heterocycles. The second kappa shape index (κ2) is 7.22. The van der Waals surface area contributed by atoms with Crippen molar-refractivity contribution < 1.29 is 18.0 Å². The molecule has 0 unspecified atom stereocenters. The number of hydrogen-bond acceptors (Lipinski definition) is 5. The first-order valence-electron chi connectivity index (χ1n) is 8.05. The summed E-state index contributed by atoms with van der Waals surface area (Å²) in [7, 11) is 1.69. The molecule has 0 saturated carbocycles. The van der Waals surface area contributed by atoms with Gasteiger partial charge in [0, 0.05) is 32.4 Å². The highest BCUT2D eigenvalue weighted by molar-refractivity contribution is 5.90. The number of rotatable bonds is 5. The topological polar surface area (TPSA) is 75.9 Å². The zero-order valence-corrected chi connectivity index (χ0v) is 14.7. The highest BCUT2D eigenvalue weighted by Gasteiger charge is 2.28. The lowest BCUT2D eigenvalue weighted by atomic mass is 10.2. The van der Waals surface area contributed by atoms with Crippen LogP contribution in [0.3, 0.4) is 0 Å². The fraction of sp³-hybridized carbons (Fsp3) is 0.294. The maximum Gasteiger partial charge on any atom is 0.408 e. The van der Waals surface area contributed by atoms with Crippen LogP contribution in [0.5, 0.6) is 0 Å². The summed E-state index contributed by atoms with van der Waals surface area (Å²) in [4.78, 5) is 20.9. The Morgan fingerprint density at radius 3 is 2.56 bits per heavy atom. The minimum absolute atomic E-state index is 0.0693. The van der Waals surface area contributed by atoms with Crippen molar-refractivity contribution in [3.05, 3.63) is 42.4 Å². The van der Waals surface area contributed by atoms with Gasteiger partial charge in [-0.25, -0.2) is 9.97 Å². The minimum atomic E-state index is -4.36. The van der Waals surface area contributed by atoms with Crippen molar-refractivity contribution in [3.8, 4) is 0 Å². The standard InChI is InChI=1S/C17H17F3N6O/c1-11(27)25(2)13-5-3-12(4-6-13)7-21-15-14-8-26(9-17(18,19)20)24-16(14)23-10-22-15/h3-6,8,10H,7,9H2,1-2H3,(H,21,22,23,24). The Morgan fingerprint density at radius 2 is 1.93 bits per heavy atom. The molecule has 0 saturated heterocycles. The molecule has 0 spiro atoms. The summed E-state index contributed by atoms with van der Waals surface area (Å²) in [6.45, 7) is 0.698. The van der Waals surface area contributed by atoms with Crippen LogP contribution in [-0.4, -0.2) is 38.9 Å². The van der Waals surface area contributed by atoms with E-state index in [9.17, 15) is 18.0 Å². The number of carbonyl (C=O) groups is 1. The highest BCUT2D eigenvalue weighted by atomic mass is 19.4. The minimum Gasteiger partial charge on any atom is -0.365 e. The SMILES string of the molecule is CC(=O)N(C)c1ccc(CNc2ncnc3nn(CC(F)(F)F)cc23)cc1. The van der Waals surface area contributed by atoms with Crippen molar-refractivity contribution in [2.24, 2.45) is 0 Å². The number of alkyl halides is 3. The lowest BCUT2D eigenvalue weighted by Gasteiger charge is -2.15. The molecule has 27 heavy (non-hydrogen) atoms. The Labute approximate surface area is 152 Å². The monoisotopic (exact) mass is 378 g/mol. The lowest BCUT2D eigenvalue weighted by Crippen LogP contribution is -2.22. The molecule has 7 nitrogen and oxygen atoms in total. The van der Waals surface area contributed by atoms with Crippen molar-refractivity contribution in [1.82, 2.24) is 19.7 Å². The van der Waals surface area contributed by atoms with E-state index < -0.39 is 12.7 Å². The van der Waals surface area contributed by atoms with E-state index in [4.69, 9.17) is 0 Å². The van der Waals surface area contributed by atoms with Crippen LogP contribution in [-0.2, 0) is 17.9 Å². The van der Waals surface area contributed by atoms with Crippen LogP contribution in [0, 0.1) is 0 Å². The first kappa shape index (κ1) is 18.6. The second-order valence-corrected chi connectivity index (χ2v) is 6.00. The average molecular weight is 378 g/mol. The molecule has 0 aliphatic heterocycles. The van der Waals surface area contributed by atoms with Crippen LogP contribution in [0.15, 0.2) is 36.8 Å². The smallest absolute Gasteiger partial charge is 0.365 e. The van der Waals surface area contributed by atoms with Crippen LogP contribution >= 0.6 is 0 Å². The summed E-state index contributed by atoms with van der Waals surface area (Å²) in [5.74, 6) is 0.332. The van der Waals surface area contributed by atoms with Crippen LogP contribution < -0.4 is 10.2 Å². The largest absolute Gasteiger partial charge is 0.408 e. The zero-order valence-electron chi connectivity index (χ0n) is 14.7. The quantitative estimate of drug-likeness (QED) is 0.739. The van der Waals surface area contributed by atoms with Crippen molar-refractivity contribution in [3.63, 3.8) is 0 Å². The fourth-order valence-corrected chi connectivity index (χ4v) is 2.49. The lowest BCUT2D eigenvalue weighted by molar-refractivity contribution is -0.142. The molecule has 2 aromatic heterocycles. The molecule has 0 aliphatic carbocycles. The molecule has 10 heteroatoms. The van der Waals surface area contributed by atoms with E-state index in [2.05, 4.69) is 20.4 Å². The molecule has 0 atom stereocenters. The Morgan fingerprint density at radius 1 is 1.22 bits per heavy atom. The van der Waals surface area contributed by atoms with E-state index in [-0.39, 0.29) is 11.6 Å². The number of hydrogen-bond donors (Lipinski definition) is 1. The molecule has 142 valence electrons. The van der Waals surface area contributed by atoms with E-state index in [1.807, 2.05) is 24.3 Å². The number of nitrogens with one attached hydrogen (secondary N) is 1. The summed E-state index contributed by atoms with van der Waals surface area (Å²) in [5, 5.41) is 7.33. The third-order valence-corrected chi connectivity index (χ3v) is 3.96. The molecule has 3 rings (SSSR count). The number of benzene rings is 1. The van der Waals surface area contributed by atoms with E-state index in [1.165, 1.54) is 24.3 Å².